The van der Waals surface area contributed by atoms with E-state index in [1.807, 2.05) is 0 Å². The summed E-state index contributed by atoms with van der Waals surface area (Å²) in [5.74, 6) is -2.68. The number of hydrogen-bond donors (Lipinski definition) is 1. The summed E-state index contributed by atoms with van der Waals surface area (Å²) in [7, 11) is 0. The molecule has 0 aromatic carbocycles. The molecule has 2 N–H and O–H groups in total. The molecule has 0 rings (SSSR count). The van der Waals surface area contributed by atoms with E-state index in [0.29, 0.717) is 12.8 Å². The zero-order valence-electron chi connectivity index (χ0n) is 25.2. The van der Waals surface area contributed by atoms with Gasteiger partial charge in [-0.2, -0.15) is 0 Å². The van der Waals surface area contributed by atoms with Gasteiger partial charge in [0.2, 0.25) is 0 Å². The van der Waals surface area contributed by atoms with Crippen LogP contribution >= 0.6 is 0 Å². The standard InChI is InChI=1S/C29H53NO6.Na.H/c1-3-5-7-9-11-13-15-17-19-21-26(31)35-28(33)24-23-25(30)29(34)36-27(32)22-20-18-16-14-12-10-8-6-4-2;;/h25H,3-24,30H2,1-2H3;;/q;+1;-1. The minimum atomic E-state index is -1.10. The van der Waals surface area contributed by atoms with Crippen LogP contribution in [0.15, 0.2) is 0 Å². The third-order valence-electron chi connectivity index (χ3n) is 6.37. The van der Waals surface area contributed by atoms with Crippen LogP contribution in [0.5, 0.6) is 0 Å². The van der Waals surface area contributed by atoms with Crippen molar-refractivity contribution in [1.82, 2.24) is 0 Å². The molecule has 0 heterocycles. The first-order chi connectivity index (χ1) is 17.4. The van der Waals surface area contributed by atoms with Crippen LogP contribution in [0.25, 0.3) is 0 Å². The second-order valence-electron chi connectivity index (χ2n) is 9.94. The summed E-state index contributed by atoms with van der Waals surface area (Å²) in [6.45, 7) is 4.40. The van der Waals surface area contributed by atoms with Crippen molar-refractivity contribution in [2.45, 2.75) is 161 Å². The van der Waals surface area contributed by atoms with E-state index in [-0.39, 0.29) is 56.7 Å². The molecule has 0 bridgehead atoms. The van der Waals surface area contributed by atoms with Gasteiger partial charge < -0.3 is 16.6 Å². The summed E-state index contributed by atoms with van der Waals surface area (Å²) in [6, 6.07) is -1.10. The van der Waals surface area contributed by atoms with Gasteiger partial charge in [0.25, 0.3) is 0 Å². The van der Waals surface area contributed by atoms with Crippen molar-refractivity contribution in [2.24, 2.45) is 5.73 Å². The Kier molecular flexibility index (Phi) is 29.3. The number of carbonyl (C=O) groups excluding carboxylic acids is 4. The summed E-state index contributed by atoms with van der Waals surface area (Å²) in [6.07, 6.45) is 20.6. The Morgan fingerprint density at radius 2 is 0.865 bits per heavy atom. The second kappa shape index (κ2) is 28.3. The Labute approximate surface area is 249 Å². The number of carbonyl (C=O) groups is 4. The number of nitrogens with two attached hydrogens (primary N) is 1. The van der Waals surface area contributed by atoms with E-state index in [0.717, 1.165) is 25.7 Å². The predicted octanol–water partition coefficient (Wildman–Crippen LogP) is 4.19. The molecule has 1 atom stereocenters. The average Bonchev–Trinajstić information content (AvgIpc) is 2.85. The van der Waals surface area contributed by atoms with E-state index < -0.39 is 29.9 Å². The van der Waals surface area contributed by atoms with Gasteiger partial charge in [0, 0.05) is 19.3 Å². The van der Waals surface area contributed by atoms with Crippen LogP contribution in [-0.4, -0.2) is 29.9 Å². The molecule has 8 heteroatoms. The van der Waals surface area contributed by atoms with Crippen molar-refractivity contribution >= 4 is 23.9 Å². The van der Waals surface area contributed by atoms with Gasteiger partial charge in [-0.05, 0) is 19.3 Å². The van der Waals surface area contributed by atoms with Crippen molar-refractivity contribution in [3.8, 4) is 0 Å². The molecule has 212 valence electrons. The summed E-state index contributed by atoms with van der Waals surface area (Å²) >= 11 is 0. The average molecular weight is 536 g/mol. The molecule has 0 aliphatic heterocycles. The van der Waals surface area contributed by atoms with Crippen LogP contribution in [0.1, 0.15) is 157 Å². The van der Waals surface area contributed by atoms with Gasteiger partial charge in [-0.3, -0.25) is 14.4 Å². The largest absolute Gasteiger partial charge is 1.00 e. The van der Waals surface area contributed by atoms with E-state index in [9.17, 15) is 19.2 Å². The third kappa shape index (κ3) is 26.6. The molecule has 0 radical (unpaired) electrons. The first-order valence-corrected chi connectivity index (χ1v) is 14.6. The quantitative estimate of drug-likeness (QED) is 0.0853. The molecule has 0 aromatic heterocycles. The molecule has 0 amide bonds. The Bertz CT molecular complexity index is 606. The van der Waals surface area contributed by atoms with E-state index in [4.69, 9.17) is 15.2 Å². The molecule has 37 heavy (non-hydrogen) atoms. The normalized spacial score (nSPS) is 11.4. The zero-order chi connectivity index (χ0) is 26.9. The van der Waals surface area contributed by atoms with Crippen molar-refractivity contribution in [2.75, 3.05) is 0 Å². The molecular weight excluding hydrogens is 481 g/mol. The van der Waals surface area contributed by atoms with E-state index >= 15 is 0 Å². The molecule has 0 spiro atoms. The van der Waals surface area contributed by atoms with Crippen molar-refractivity contribution in [3.63, 3.8) is 0 Å². The van der Waals surface area contributed by atoms with Crippen LogP contribution in [-0.2, 0) is 28.7 Å². The number of unbranched alkanes of at least 4 members (excludes halogenated alkanes) is 16. The molecule has 7 nitrogen and oxygen atoms in total. The van der Waals surface area contributed by atoms with Crippen molar-refractivity contribution < 1.29 is 59.6 Å². The van der Waals surface area contributed by atoms with E-state index in [2.05, 4.69) is 13.8 Å². The number of ether oxygens (including phenoxy) is 2. The summed E-state index contributed by atoms with van der Waals surface area (Å²) in [4.78, 5) is 47.4. The SMILES string of the molecule is CCCCCCCCCCCC(=O)OC(=O)CCC(N)C(=O)OC(=O)CCCCCCCCCCC.[H-].[Na+]. The summed E-state index contributed by atoms with van der Waals surface area (Å²) in [5, 5.41) is 0. The smallest absolute Gasteiger partial charge is 1.00 e. The molecule has 0 aliphatic rings. The first kappa shape index (κ1) is 38.4. The summed E-state index contributed by atoms with van der Waals surface area (Å²) in [5.41, 5.74) is 5.73. The Balaban J connectivity index is -0.00000612. The second-order valence-corrected chi connectivity index (χ2v) is 9.94. The molecule has 0 fully saturated rings. The van der Waals surface area contributed by atoms with Gasteiger partial charge in [-0.1, -0.05) is 117 Å². The van der Waals surface area contributed by atoms with Crippen LogP contribution in [0.4, 0.5) is 0 Å². The molecule has 1 unspecified atom stereocenters. The van der Waals surface area contributed by atoms with Gasteiger partial charge in [0.05, 0.1) is 0 Å². The van der Waals surface area contributed by atoms with Crippen LogP contribution in [0, 0.1) is 0 Å². The van der Waals surface area contributed by atoms with Crippen molar-refractivity contribution in [1.29, 1.82) is 0 Å². The maximum atomic E-state index is 12.0. The first-order valence-electron chi connectivity index (χ1n) is 14.6. The van der Waals surface area contributed by atoms with E-state index in [1.165, 1.54) is 77.0 Å². The van der Waals surface area contributed by atoms with Gasteiger partial charge >= 0.3 is 53.4 Å². The molecular formula is C29H54NNaO6. The van der Waals surface area contributed by atoms with E-state index in [1.54, 1.807) is 0 Å². The topological polar surface area (TPSA) is 113 Å². The Morgan fingerprint density at radius 3 is 1.27 bits per heavy atom. The van der Waals surface area contributed by atoms with Gasteiger partial charge in [-0.25, -0.2) is 4.79 Å². The number of hydrogen-bond acceptors (Lipinski definition) is 7. The maximum absolute atomic E-state index is 12.0. The Morgan fingerprint density at radius 1 is 0.541 bits per heavy atom. The van der Waals surface area contributed by atoms with Crippen LogP contribution < -0.4 is 35.3 Å². The maximum Gasteiger partial charge on any atom is 1.00 e. The molecule has 0 aromatic rings. The zero-order valence-corrected chi connectivity index (χ0v) is 26.2. The molecule has 0 aliphatic carbocycles. The van der Waals surface area contributed by atoms with Gasteiger partial charge in [-0.15, -0.1) is 0 Å². The van der Waals surface area contributed by atoms with Crippen LogP contribution in [0.3, 0.4) is 0 Å². The molecule has 0 saturated carbocycles. The van der Waals surface area contributed by atoms with Crippen molar-refractivity contribution in [3.05, 3.63) is 0 Å². The fraction of sp³-hybridized carbons (Fsp3) is 0.862. The van der Waals surface area contributed by atoms with Gasteiger partial charge in [0.15, 0.2) is 0 Å². The fourth-order valence-electron chi connectivity index (χ4n) is 4.02. The van der Waals surface area contributed by atoms with Crippen LogP contribution in [0.2, 0.25) is 0 Å². The molecule has 0 saturated heterocycles. The number of rotatable bonds is 24. The summed E-state index contributed by atoms with van der Waals surface area (Å²) < 4.78 is 9.58. The minimum absolute atomic E-state index is 0. The Hall–Kier alpha value is -0.760. The minimum Gasteiger partial charge on any atom is -1.00 e. The third-order valence-corrected chi connectivity index (χ3v) is 6.37. The van der Waals surface area contributed by atoms with Gasteiger partial charge in [0.1, 0.15) is 6.04 Å². The number of esters is 4. The fourth-order valence-corrected chi connectivity index (χ4v) is 4.02. The monoisotopic (exact) mass is 535 g/mol. The predicted molar refractivity (Wildman–Crippen MR) is 144 cm³/mol.